The minimum Gasteiger partial charge on any atom is -0.409 e. The molecule has 1 heterocycles. The Labute approximate surface area is 111 Å². The molecular weight excluding hydrogens is 268 g/mol. The number of hydrogen-bond donors (Lipinski definition) is 3. The Hall–Kier alpha value is -1.80. The average Bonchev–Trinajstić information content (AvgIpc) is 2.93. The first-order valence-corrected chi connectivity index (χ1v) is 7.33. The predicted octanol–water partition coefficient (Wildman–Crippen LogP) is 0.534. The molecule has 1 aromatic rings. The van der Waals surface area contributed by atoms with Gasteiger partial charge in [-0.15, -0.1) is 0 Å². The van der Waals surface area contributed by atoms with Gasteiger partial charge in [-0.25, -0.2) is 0 Å². The molecule has 4 N–H and O–H groups in total. The molecular formula is C11H16N4O3S. The highest BCUT2D eigenvalue weighted by molar-refractivity contribution is 7.90. The summed E-state index contributed by atoms with van der Waals surface area (Å²) in [4.78, 5) is 0. The van der Waals surface area contributed by atoms with E-state index in [4.69, 9.17) is 10.9 Å². The molecule has 1 saturated heterocycles. The monoisotopic (exact) mass is 284 g/mol. The zero-order chi connectivity index (χ0) is 13.9. The lowest BCUT2D eigenvalue weighted by atomic mass is 10.2. The molecule has 1 fully saturated rings. The van der Waals surface area contributed by atoms with Crippen molar-refractivity contribution in [3.05, 3.63) is 29.8 Å². The molecule has 0 amide bonds. The number of nitrogens with one attached hydrogen (secondary N) is 1. The lowest BCUT2D eigenvalue weighted by Gasteiger charge is -2.18. The molecule has 0 aliphatic carbocycles. The van der Waals surface area contributed by atoms with Gasteiger partial charge in [-0.3, -0.25) is 4.72 Å². The largest absolute Gasteiger partial charge is 0.409 e. The van der Waals surface area contributed by atoms with Crippen LogP contribution in [0.4, 0.5) is 5.69 Å². The summed E-state index contributed by atoms with van der Waals surface area (Å²) in [6.45, 7) is 1.03. The van der Waals surface area contributed by atoms with Crippen molar-refractivity contribution in [2.24, 2.45) is 10.9 Å². The third-order valence-corrected chi connectivity index (χ3v) is 4.48. The molecule has 0 atom stereocenters. The predicted molar refractivity (Wildman–Crippen MR) is 72.3 cm³/mol. The number of amidine groups is 1. The number of oxime groups is 1. The van der Waals surface area contributed by atoms with Gasteiger partial charge in [0.2, 0.25) is 0 Å². The standard InChI is InChI=1S/C11H16N4O3S/c12-11(13-16)9-5-1-2-6-10(9)14-19(17,18)15-7-3-4-8-15/h1-2,5-6,14,16H,3-4,7-8H2,(H2,12,13). The van der Waals surface area contributed by atoms with Crippen molar-refractivity contribution in [2.75, 3.05) is 17.8 Å². The Morgan fingerprint density at radius 2 is 1.95 bits per heavy atom. The van der Waals surface area contributed by atoms with Crippen LogP contribution in [0.5, 0.6) is 0 Å². The smallest absolute Gasteiger partial charge is 0.301 e. The number of nitrogens with zero attached hydrogens (tertiary/aromatic N) is 2. The summed E-state index contributed by atoms with van der Waals surface area (Å²) < 4.78 is 28.1. The van der Waals surface area contributed by atoms with Crippen molar-refractivity contribution in [1.82, 2.24) is 4.31 Å². The number of anilines is 1. The van der Waals surface area contributed by atoms with Gasteiger partial charge in [0, 0.05) is 18.7 Å². The van der Waals surface area contributed by atoms with Crippen LogP contribution in [0, 0.1) is 0 Å². The maximum Gasteiger partial charge on any atom is 0.301 e. The van der Waals surface area contributed by atoms with Gasteiger partial charge in [0.1, 0.15) is 0 Å². The Balaban J connectivity index is 2.28. The van der Waals surface area contributed by atoms with Crippen molar-refractivity contribution in [3.63, 3.8) is 0 Å². The molecule has 2 rings (SSSR count). The number of hydrogen-bond acceptors (Lipinski definition) is 4. The van der Waals surface area contributed by atoms with E-state index in [-0.39, 0.29) is 5.84 Å². The fraction of sp³-hybridized carbons (Fsp3) is 0.364. The van der Waals surface area contributed by atoms with E-state index >= 15 is 0 Å². The van der Waals surface area contributed by atoms with Gasteiger partial charge >= 0.3 is 10.2 Å². The van der Waals surface area contributed by atoms with Crippen LogP contribution in [0.15, 0.2) is 29.4 Å². The third kappa shape index (κ3) is 2.96. The minimum absolute atomic E-state index is 0.139. The molecule has 0 aromatic heterocycles. The second-order valence-electron chi connectivity index (χ2n) is 4.24. The summed E-state index contributed by atoms with van der Waals surface area (Å²) in [7, 11) is -3.59. The normalized spacial score (nSPS) is 17.6. The van der Waals surface area contributed by atoms with Crippen molar-refractivity contribution in [3.8, 4) is 0 Å². The highest BCUT2D eigenvalue weighted by atomic mass is 32.2. The second kappa shape index (κ2) is 5.45. The quantitative estimate of drug-likeness (QED) is 0.324. The highest BCUT2D eigenvalue weighted by Crippen LogP contribution is 2.20. The Morgan fingerprint density at radius 3 is 2.58 bits per heavy atom. The minimum atomic E-state index is -3.59. The third-order valence-electron chi connectivity index (χ3n) is 2.95. The first kappa shape index (κ1) is 13.6. The van der Waals surface area contributed by atoms with Crippen LogP contribution in [-0.4, -0.2) is 36.9 Å². The van der Waals surface area contributed by atoms with E-state index in [2.05, 4.69) is 9.88 Å². The Morgan fingerprint density at radius 1 is 1.32 bits per heavy atom. The summed E-state index contributed by atoms with van der Waals surface area (Å²) in [6.07, 6.45) is 1.73. The number of para-hydroxylation sites is 1. The van der Waals surface area contributed by atoms with E-state index in [1.165, 1.54) is 4.31 Å². The van der Waals surface area contributed by atoms with Crippen molar-refractivity contribution in [1.29, 1.82) is 0 Å². The van der Waals surface area contributed by atoms with Gasteiger partial charge in [0.05, 0.1) is 5.69 Å². The molecule has 104 valence electrons. The average molecular weight is 284 g/mol. The van der Waals surface area contributed by atoms with Crippen LogP contribution in [0.2, 0.25) is 0 Å². The van der Waals surface area contributed by atoms with Crippen LogP contribution in [0.25, 0.3) is 0 Å². The maximum atomic E-state index is 12.1. The lowest BCUT2D eigenvalue weighted by Crippen LogP contribution is -2.34. The first-order valence-electron chi connectivity index (χ1n) is 5.89. The SMILES string of the molecule is N/C(=N/O)c1ccccc1NS(=O)(=O)N1CCCC1. The number of benzene rings is 1. The second-order valence-corrected chi connectivity index (χ2v) is 5.91. The molecule has 0 spiro atoms. The van der Waals surface area contributed by atoms with E-state index < -0.39 is 10.2 Å². The van der Waals surface area contributed by atoms with Crippen LogP contribution < -0.4 is 10.5 Å². The zero-order valence-corrected chi connectivity index (χ0v) is 11.1. The zero-order valence-electron chi connectivity index (χ0n) is 10.3. The number of nitrogens with two attached hydrogens (primary N) is 1. The summed E-state index contributed by atoms with van der Waals surface area (Å²) >= 11 is 0. The molecule has 0 bridgehead atoms. The Bertz CT molecular complexity index is 579. The fourth-order valence-electron chi connectivity index (χ4n) is 1.98. The van der Waals surface area contributed by atoms with Crippen molar-refractivity contribution >= 4 is 21.7 Å². The van der Waals surface area contributed by atoms with Crippen LogP contribution in [0.1, 0.15) is 18.4 Å². The van der Waals surface area contributed by atoms with Crippen LogP contribution in [0.3, 0.4) is 0 Å². The highest BCUT2D eigenvalue weighted by Gasteiger charge is 2.26. The van der Waals surface area contributed by atoms with Crippen LogP contribution >= 0.6 is 0 Å². The van der Waals surface area contributed by atoms with E-state index in [0.717, 1.165) is 12.8 Å². The topological polar surface area (TPSA) is 108 Å². The van der Waals surface area contributed by atoms with Crippen LogP contribution in [-0.2, 0) is 10.2 Å². The van der Waals surface area contributed by atoms with E-state index in [1.54, 1.807) is 24.3 Å². The van der Waals surface area contributed by atoms with Gasteiger partial charge in [0.25, 0.3) is 0 Å². The lowest BCUT2D eigenvalue weighted by molar-refractivity contribution is 0.318. The molecule has 0 radical (unpaired) electrons. The summed E-state index contributed by atoms with van der Waals surface area (Å²) in [5, 5.41) is 11.6. The van der Waals surface area contributed by atoms with Gasteiger partial charge in [0.15, 0.2) is 5.84 Å². The van der Waals surface area contributed by atoms with E-state index in [1.807, 2.05) is 0 Å². The first-order chi connectivity index (χ1) is 9.04. The van der Waals surface area contributed by atoms with Gasteiger partial charge < -0.3 is 10.9 Å². The van der Waals surface area contributed by atoms with Gasteiger partial charge in [-0.05, 0) is 25.0 Å². The molecule has 0 unspecified atom stereocenters. The molecule has 8 heteroatoms. The Kier molecular flexibility index (Phi) is 3.91. The number of rotatable bonds is 4. The molecule has 1 aliphatic rings. The molecule has 0 saturated carbocycles. The van der Waals surface area contributed by atoms with E-state index in [0.29, 0.717) is 24.3 Å². The van der Waals surface area contributed by atoms with Crippen molar-refractivity contribution in [2.45, 2.75) is 12.8 Å². The fourth-order valence-corrected chi connectivity index (χ4v) is 3.31. The van der Waals surface area contributed by atoms with Crippen molar-refractivity contribution < 1.29 is 13.6 Å². The van der Waals surface area contributed by atoms with Gasteiger partial charge in [-0.2, -0.15) is 12.7 Å². The molecule has 1 aliphatic heterocycles. The maximum absolute atomic E-state index is 12.1. The molecule has 7 nitrogen and oxygen atoms in total. The van der Waals surface area contributed by atoms with Gasteiger partial charge in [-0.1, -0.05) is 17.3 Å². The summed E-state index contributed by atoms with van der Waals surface area (Å²) in [5.41, 5.74) is 6.16. The summed E-state index contributed by atoms with van der Waals surface area (Å²) in [5.74, 6) is -0.139. The molecule has 19 heavy (non-hydrogen) atoms. The van der Waals surface area contributed by atoms with E-state index in [9.17, 15) is 8.42 Å². The summed E-state index contributed by atoms with van der Waals surface area (Å²) in [6, 6.07) is 6.51. The molecule has 1 aromatic carbocycles.